The molecule has 0 fully saturated rings. The monoisotopic (exact) mass is 351 g/mol. The molecule has 7 nitrogen and oxygen atoms in total. The molecule has 2 rings (SSSR count). The van der Waals surface area contributed by atoms with Gasteiger partial charge in [0.05, 0.1) is 11.9 Å². The van der Waals surface area contributed by atoms with Gasteiger partial charge in [-0.1, -0.05) is 13.3 Å². The molecule has 0 aliphatic heterocycles. The minimum atomic E-state index is 0. The van der Waals surface area contributed by atoms with Crippen molar-refractivity contribution in [2.45, 2.75) is 19.8 Å². The average Bonchev–Trinajstić information content (AvgIpc) is 2.97. The summed E-state index contributed by atoms with van der Waals surface area (Å²) in [5.74, 6) is 0.757. The Labute approximate surface area is 139 Å². The number of hydrogen-bond acceptors (Lipinski definition) is 5. The lowest BCUT2D eigenvalue weighted by atomic mass is 10.3. The first-order chi connectivity index (χ1) is 9.19. The van der Waals surface area contributed by atoms with E-state index in [1.807, 2.05) is 5.38 Å². The third-order valence-corrected chi connectivity index (χ3v) is 3.13. The summed E-state index contributed by atoms with van der Waals surface area (Å²) in [6.07, 6.45) is 4.00. The van der Waals surface area contributed by atoms with Gasteiger partial charge in [0.1, 0.15) is 5.69 Å². The molecule has 21 heavy (non-hydrogen) atoms. The molecule has 0 aliphatic carbocycles. The van der Waals surface area contributed by atoms with E-state index in [1.54, 1.807) is 6.20 Å². The molecule has 0 amide bonds. The Kier molecular flexibility index (Phi) is 8.75. The third-order valence-electron chi connectivity index (χ3n) is 2.39. The fraction of sp³-hybridized carbons (Fsp3) is 0.364. The molecule has 0 atom stereocenters. The first-order valence-electron chi connectivity index (χ1n) is 6.03. The van der Waals surface area contributed by atoms with Gasteiger partial charge in [-0.15, -0.1) is 36.2 Å². The van der Waals surface area contributed by atoms with Crippen LogP contribution < -0.4 is 16.8 Å². The Morgan fingerprint density at radius 3 is 2.86 bits per heavy atom. The van der Waals surface area contributed by atoms with E-state index in [4.69, 9.17) is 11.5 Å². The molecule has 0 aromatic carbocycles. The minimum absolute atomic E-state index is 0. The molecule has 0 unspecified atom stereocenters. The second-order valence-electron chi connectivity index (χ2n) is 3.98. The van der Waals surface area contributed by atoms with Gasteiger partial charge < -0.3 is 21.8 Å². The molecule has 0 saturated carbocycles. The topological polar surface area (TPSA) is 118 Å². The summed E-state index contributed by atoms with van der Waals surface area (Å²) >= 11 is 1.38. The predicted molar refractivity (Wildman–Crippen MR) is 93.1 cm³/mol. The van der Waals surface area contributed by atoms with Gasteiger partial charge in [0, 0.05) is 11.9 Å². The second kappa shape index (κ2) is 9.43. The number of H-pyrrole nitrogens is 1. The lowest BCUT2D eigenvalue weighted by Gasteiger charge is -1.99. The van der Waals surface area contributed by atoms with Crippen molar-refractivity contribution >= 4 is 53.2 Å². The lowest BCUT2D eigenvalue weighted by Crippen LogP contribution is -2.21. The van der Waals surface area contributed by atoms with Gasteiger partial charge in [0.25, 0.3) is 0 Å². The van der Waals surface area contributed by atoms with Crippen LogP contribution in [0, 0.1) is 0 Å². The number of anilines is 1. The maximum absolute atomic E-state index is 5.31. The van der Waals surface area contributed by atoms with Crippen LogP contribution in [0.5, 0.6) is 0 Å². The Balaban J connectivity index is 0.00000200. The van der Waals surface area contributed by atoms with E-state index in [0.717, 1.165) is 36.7 Å². The van der Waals surface area contributed by atoms with Gasteiger partial charge in [-0.25, -0.2) is 9.97 Å². The molecular weight excluding hydrogens is 333 g/mol. The minimum Gasteiger partial charge on any atom is -0.370 e. The number of imidazole rings is 1. The van der Waals surface area contributed by atoms with Gasteiger partial charge in [-0.3, -0.25) is 0 Å². The molecule has 10 heteroatoms. The van der Waals surface area contributed by atoms with Crippen LogP contribution in [0.15, 0.2) is 16.6 Å². The van der Waals surface area contributed by atoms with Gasteiger partial charge >= 0.3 is 0 Å². The van der Waals surface area contributed by atoms with Crippen LogP contribution in [0.4, 0.5) is 11.1 Å². The van der Waals surface area contributed by atoms with Crippen molar-refractivity contribution in [1.29, 1.82) is 0 Å². The van der Waals surface area contributed by atoms with E-state index >= 15 is 0 Å². The number of aromatic nitrogens is 3. The van der Waals surface area contributed by atoms with Gasteiger partial charge in [-0.2, -0.15) is 4.99 Å². The zero-order chi connectivity index (χ0) is 13.7. The van der Waals surface area contributed by atoms with Crippen LogP contribution in [0.1, 0.15) is 19.8 Å². The van der Waals surface area contributed by atoms with Gasteiger partial charge in [0.15, 0.2) is 5.96 Å². The summed E-state index contributed by atoms with van der Waals surface area (Å²) in [5.41, 5.74) is 12.2. The quantitative estimate of drug-likeness (QED) is 0.362. The number of nitrogens with one attached hydrogen (secondary N) is 2. The zero-order valence-electron chi connectivity index (χ0n) is 11.5. The SMILES string of the molecule is CCCCNc1ncc(-c2csc(N=C(N)N)n2)[nH]1.Cl.Cl. The molecule has 0 spiro atoms. The van der Waals surface area contributed by atoms with Gasteiger partial charge in [-0.05, 0) is 6.42 Å². The number of nitrogens with zero attached hydrogens (tertiary/aromatic N) is 3. The normalized spacial score (nSPS) is 9.38. The summed E-state index contributed by atoms with van der Waals surface area (Å²) in [7, 11) is 0. The second-order valence-corrected chi connectivity index (χ2v) is 4.81. The Morgan fingerprint density at radius 2 is 2.19 bits per heavy atom. The highest BCUT2D eigenvalue weighted by molar-refractivity contribution is 7.13. The third kappa shape index (κ3) is 5.78. The van der Waals surface area contributed by atoms with Crippen molar-refractivity contribution in [3.63, 3.8) is 0 Å². The molecule has 0 aliphatic rings. The molecule has 118 valence electrons. The first-order valence-corrected chi connectivity index (χ1v) is 6.91. The van der Waals surface area contributed by atoms with Crippen LogP contribution in [0.3, 0.4) is 0 Å². The highest BCUT2D eigenvalue weighted by Crippen LogP contribution is 2.25. The summed E-state index contributed by atoms with van der Waals surface area (Å²) in [4.78, 5) is 15.6. The number of thiazole rings is 1. The van der Waals surface area contributed by atoms with E-state index < -0.39 is 0 Å². The number of halogens is 2. The molecule has 0 radical (unpaired) electrons. The fourth-order valence-electron chi connectivity index (χ4n) is 1.47. The Hall–Kier alpha value is -1.51. The standard InChI is InChI=1S/C11H17N7S.2ClH/c1-2-3-4-14-10-15-5-7(16-10)8-6-19-11(17-8)18-9(12)13;;/h5-6H,2-4H2,1H3,(H2,14,15,16)(H4,12,13,17,18);2*1H. The van der Waals surface area contributed by atoms with Crippen LogP contribution in [0.25, 0.3) is 11.4 Å². The number of hydrogen-bond donors (Lipinski definition) is 4. The van der Waals surface area contributed by atoms with Crippen molar-refractivity contribution in [2.75, 3.05) is 11.9 Å². The summed E-state index contributed by atoms with van der Waals surface area (Å²) in [6.45, 7) is 3.05. The molecule has 2 aromatic rings. The number of unbranched alkanes of at least 4 members (excludes halogenated alkanes) is 1. The average molecular weight is 352 g/mol. The maximum atomic E-state index is 5.31. The Bertz CT molecular complexity index is 562. The molecule has 2 heterocycles. The van der Waals surface area contributed by atoms with Crippen molar-refractivity contribution in [2.24, 2.45) is 16.5 Å². The van der Waals surface area contributed by atoms with E-state index in [-0.39, 0.29) is 30.8 Å². The van der Waals surface area contributed by atoms with E-state index in [0.29, 0.717) is 5.13 Å². The predicted octanol–water partition coefficient (Wildman–Crippen LogP) is 2.49. The van der Waals surface area contributed by atoms with Gasteiger partial charge in [0.2, 0.25) is 11.1 Å². The van der Waals surface area contributed by atoms with Crippen molar-refractivity contribution in [3.8, 4) is 11.4 Å². The molecular formula is C11H19Cl2N7S. The molecule has 0 saturated heterocycles. The van der Waals surface area contributed by atoms with Crippen molar-refractivity contribution < 1.29 is 0 Å². The fourth-order valence-corrected chi connectivity index (χ4v) is 2.18. The zero-order valence-corrected chi connectivity index (χ0v) is 13.9. The maximum Gasteiger partial charge on any atom is 0.212 e. The van der Waals surface area contributed by atoms with Crippen LogP contribution >= 0.6 is 36.2 Å². The summed E-state index contributed by atoms with van der Waals surface area (Å²) in [5, 5.41) is 5.63. The van der Waals surface area contributed by atoms with E-state index in [1.165, 1.54) is 11.3 Å². The molecule has 0 bridgehead atoms. The lowest BCUT2D eigenvalue weighted by molar-refractivity contribution is 0.828. The van der Waals surface area contributed by atoms with E-state index in [2.05, 4.69) is 32.2 Å². The number of aromatic amines is 1. The Morgan fingerprint density at radius 1 is 1.43 bits per heavy atom. The van der Waals surface area contributed by atoms with Crippen molar-refractivity contribution in [1.82, 2.24) is 15.0 Å². The molecule has 6 N–H and O–H groups in total. The number of rotatable bonds is 6. The number of nitrogens with two attached hydrogens (primary N) is 2. The summed E-state index contributed by atoms with van der Waals surface area (Å²) < 4.78 is 0. The smallest absolute Gasteiger partial charge is 0.212 e. The number of guanidine groups is 1. The summed E-state index contributed by atoms with van der Waals surface area (Å²) in [6, 6.07) is 0. The highest BCUT2D eigenvalue weighted by atomic mass is 35.5. The van der Waals surface area contributed by atoms with Crippen LogP contribution in [-0.2, 0) is 0 Å². The highest BCUT2D eigenvalue weighted by Gasteiger charge is 2.07. The largest absolute Gasteiger partial charge is 0.370 e. The van der Waals surface area contributed by atoms with Crippen LogP contribution in [0.2, 0.25) is 0 Å². The number of aliphatic imine (C=N–C) groups is 1. The molecule has 2 aromatic heterocycles. The first kappa shape index (κ1) is 19.5. The van der Waals surface area contributed by atoms with Crippen LogP contribution in [-0.4, -0.2) is 27.5 Å². The van der Waals surface area contributed by atoms with E-state index in [9.17, 15) is 0 Å². The van der Waals surface area contributed by atoms with Crippen molar-refractivity contribution in [3.05, 3.63) is 11.6 Å².